The summed E-state index contributed by atoms with van der Waals surface area (Å²) in [6.07, 6.45) is 8.14. The van der Waals surface area contributed by atoms with E-state index in [1.807, 2.05) is 13.8 Å². The fourth-order valence-corrected chi connectivity index (χ4v) is 3.03. The zero-order valence-corrected chi connectivity index (χ0v) is 18.2. The molecule has 0 saturated heterocycles. The summed E-state index contributed by atoms with van der Waals surface area (Å²) in [5, 5.41) is 9.43. The molecular weight excluding hydrogens is 342 g/mol. The van der Waals surface area contributed by atoms with Crippen LogP contribution in [0.4, 0.5) is 0 Å². The largest absolute Gasteiger partial charge is 0.385 e. The lowest BCUT2D eigenvalue weighted by atomic mass is 10.0. The molecule has 0 bridgehead atoms. The quantitative estimate of drug-likeness (QED) is 0.336. The van der Waals surface area contributed by atoms with Gasteiger partial charge in [0, 0.05) is 51.2 Å². The predicted molar refractivity (Wildman–Crippen MR) is 112 cm³/mol. The molecule has 0 radical (unpaired) electrons. The Hall–Kier alpha value is -1.14. The summed E-state index contributed by atoms with van der Waals surface area (Å²) in [4.78, 5) is 23.9. The molecule has 0 aromatic carbocycles. The first-order chi connectivity index (χ1) is 12.8. The maximum absolute atomic E-state index is 12.2. The second-order valence-corrected chi connectivity index (χ2v) is 7.95. The summed E-state index contributed by atoms with van der Waals surface area (Å²) in [5.74, 6) is 0.226. The number of unbranched alkanes of at least 4 members (excludes halogenated alkanes) is 4. The average molecular weight is 386 g/mol. The smallest absolute Gasteiger partial charge is 0.221 e. The molecule has 0 aliphatic rings. The number of rotatable bonds is 17. The number of amides is 2. The fraction of sp³-hybridized carbons (Fsp3) is 0.905. The minimum Gasteiger partial charge on any atom is -0.385 e. The third kappa shape index (κ3) is 18.0. The Morgan fingerprint density at radius 3 is 2.19 bits per heavy atom. The molecule has 6 heteroatoms. The SMILES string of the molecule is COCCCCCCNC(=O)CC(CCCCC(=O)NC(C)C)NC(C)C. The van der Waals surface area contributed by atoms with Gasteiger partial charge in [-0.3, -0.25) is 9.59 Å². The van der Waals surface area contributed by atoms with Gasteiger partial charge in [-0.15, -0.1) is 0 Å². The summed E-state index contributed by atoms with van der Waals surface area (Å²) in [6, 6.07) is 0.698. The van der Waals surface area contributed by atoms with Crippen LogP contribution in [-0.2, 0) is 14.3 Å². The summed E-state index contributed by atoms with van der Waals surface area (Å²) < 4.78 is 5.03. The van der Waals surface area contributed by atoms with Gasteiger partial charge in [0.15, 0.2) is 0 Å². The summed E-state index contributed by atoms with van der Waals surface area (Å²) in [5.41, 5.74) is 0. The third-order valence-corrected chi connectivity index (χ3v) is 4.25. The number of carbonyl (C=O) groups excluding carboxylic acids is 2. The van der Waals surface area contributed by atoms with Gasteiger partial charge in [-0.1, -0.05) is 33.1 Å². The van der Waals surface area contributed by atoms with E-state index in [9.17, 15) is 9.59 Å². The summed E-state index contributed by atoms with van der Waals surface area (Å²) >= 11 is 0. The minimum atomic E-state index is 0.113. The first kappa shape index (κ1) is 25.9. The highest BCUT2D eigenvalue weighted by atomic mass is 16.5. The van der Waals surface area contributed by atoms with E-state index in [1.54, 1.807) is 7.11 Å². The van der Waals surface area contributed by atoms with Gasteiger partial charge in [-0.25, -0.2) is 0 Å². The van der Waals surface area contributed by atoms with Crippen LogP contribution in [0.2, 0.25) is 0 Å². The molecule has 0 aromatic heterocycles. The Bertz CT molecular complexity index is 387. The zero-order valence-electron chi connectivity index (χ0n) is 18.2. The lowest BCUT2D eigenvalue weighted by molar-refractivity contribution is -0.122. The number of carbonyl (C=O) groups is 2. The highest BCUT2D eigenvalue weighted by molar-refractivity contribution is 5.76. The third-order valence-electron chi connectivity index (χ3n) is 4.25. The Morgan fingerprint density at radius 2 is 1.56 bits per heavy atom. The molecule has 2 amide bonds. The van der Waals surface area contributed by atoms with Crippen LogP contribution >= 0.6 is 0 Å². The number of ether oxygens (including phenoxy) is 1. The normalized spacial score (nSPS) is 12.4. The molecule has 0 spiro atoms. The second kappa shape index (κ2) is 17.0. The van der Waals surface area contributed by atoms with E-state index >= 15 is 0 Å². The number of hydrogen-bond donors (Lipinski definition) is 3. The zero-order chi connectivity index (χ0) is 20.5. The molecule has 160 valence electrons. The van der Waals surface area contributed by atoms with Crippen molar-refractivity contribution in [3.8, 4) is 0 Å². The fourth-order valence-electron chi connectivity index (χ4n) is 3.03. The molecule has 0 fully saturated rings. The lowest BCUT2D eigenvalue weighted by Crippen LogP contribution is -2.39. The molecular formula is C21H43N3O3. The molecule has 0 rings (SSSR count). The van der Waals surface area contributed by atoms with Crippen LogP contribution in [0.15, 0.2) is 0 Å². The van der Waals surface area contributed by atoms with Crippen molar-refractivity contribution in [1.29, 1.82) is 0 Å². The van der Waals surface area contributed by atoms with Crippen LogP contribution in [0, 0.1) is 0 Å². The Labute approximate surface area is 166 Å². The molecule has 0 aromatic rings. The van der Waals surface area contributed by atoms with Gasteiger partial charge in [-0.05, 0) is 39.5 Å². The van der Waals surface area contributed by atoms with Crippen molar-refractivity contribution < 1.29 is 14.3 Å². The van der Waals surface area contributed by atoms with E-state index < -0.39 is 0 Å². The van der Waals surface area contributed by atoms with Gasteiger partial charge in [0.05, 0.1) is 0 Å². The minimum absolute atomic E-state index is 0.113. The van der Waals surface area contributed by atoms with E-state index in [0.29, 0.717) is 18.9 Å². The molecule has 0 saturated carbocycles. The van der Waals surface area contributed by atoms with Crippen LogP contribution in [-0.4, -0.2) is 50.2 Å². The van der Waals surface area contributed by atoms with Crippen LogP contribution < -0.4 is 16.0 Å². The van der Waals surface area contributed by atoms with Crippen molar-refractivity contribution in [3.63, 3.8) is 0 Å². The van der Waals surface area contributed by atoms with Crippen molar-refractivity contribution in [2.75, 3.05) is 20.3 Å². The molecule has 6 nitrogen and oxygen atoms in total. The molecule has 0 heterocycles. The summed E-state index contributed by atoms with van der Waals surface area (Å²) in [6.45, 7) is 9.70. The van der Waals surface area contributed by atoms with Gasteiger partial charge in [0.1, 0.15) is 0 Å². The molecule has 27 heavy (non-hydrogen) atoms. The van der Waals surface area contributed by atoms with Crippen molar-refractivity contribution in [1.82, 2.24) is 16.0 Å². The number of hydrogen-bond acceptors (Lipinski definition) is 4. The number of nitrogens with one attached hydrogen (secondary N) is 3. The van der Waals surface area contributed by atoms with Crippen LogP contribution in [0.5, 0.6) is 0 Å². The van der Waals surface area contributed by atoms with E-state index in [4.69, 9.17) is 4.74 Å². The maximum atomic E-state index is 12.2. The molecule has 3 N–H and O–H groups in total. The monoisotopic (exact) mass is 385 g/mol. The predicted octanol–water partition coefficient (Wildman–Crippen LogP) is 3.15. The van der Waals surface area contributed by atoms with E-state index in [0.717, 1.165) is 58.1 Å². The van der Waals surface area contributed by atoms with Crippen molar-refractivity contribution in [2.45, 2.75) is 104 Å². The Kier molecular flexibility index (Phi) is 16.3. The molecule has 1 atom stereocenters. The van der Waals surface area contributed by atoms with E-state index in [-0.39, 0.29) is 23.9 Å². The van der Waals surface area contributed by atoms with E-state index in [2.05, 4.69) is 29.8 Å². The maximum Gasteiger partial charge on any atom is 0.221 e. The van der Waals surface area contributed by atoms with Crippen LogP contribution in [0.1, 0.15) is 85.5 Å². The van der Waals surface area contributed by atoms with Crippen molar-refractivity contribution in [2.24, 2.45) is 0 Å². The Morgan fingerprint density at radius 1 is 0.852 bits per heavy atom. The first-order valence-corrected chi connectivity index (χ1v) is 10.7. The van der Waals surface area contributed by atoms with E-state index in [1.165, 1.54) is 0 Å². The van der Waals surface area contributed by atoms with Gasteiger partial charge >= 0.3 is 0 Å². The standard InChI is InChI=1S/C21H43N3O3/c1-17(2)23-19(12-8-9-13-20(25)24-18(3)4)16-21(26)22-14-10-6-7-11-15-27-5/h17-19,23H,6-16H2,1-5H3,(H,22,26)(H,24,25). The topological polar surface area (TPSA) is 79.5 Å². The van der Waals surface area contributed by atoms with Gasteiger partial charge < -0.3 is 20.7 Å². The average Bonchev–Trinajstić information content (AvgIpc) is 2.56. The van der Waals surface area contributed by atoms with Crippen LogP contribution in [0.25, 0.3) is 0 Å². The van der Waals surface area contributed by atoms with Gasteiger partial charge in [0.25, 0.3) is 0 Å². The molecule has 0 aliphatic heterocycles. The van der Waals surface area contributed by atoms with Gasteiger partial charge in [0.2, 0.25) is 11.8 Å². The highest BCUT2D eigenvalue weighted by Crippen LogP contribution is 2.08. The lowest BCUT2D eigenvalue weighted by Gasteiger charge is -2.21. The van der Waals surface area contributed by atoms with Gasteiger partial charge in [-0.2, -0.15) is 0 Å². The first-order valence-electron chi connectivity index (χ1n) is 10.7. The summed E-state index contributed by atoms with van der Waals surface area (Å²) in [7, 11) is 1.72. The van der Waals surface area contributed by atoms with Crippen molar-refractivity contribution >= 4 is 11.8 Å². The molecule has 0 aliphatic carbocycles. The Balaban J connectivity index is 3.96. The van der Waals surface area contributed by atoms with Crippen molar-refractivity contribution in [3.05, 3.63) is 0 Å². The molecule has 1 unspecified atom stereocenters. The number of methoxy groups -OCH3 is 1. The highest BCUT2D eigenvalue weighted by Gasteiger charge is 2.14. The second-order valence-electron chi connectivity index (χ2n) is 7.95. The van der Waals surface area contributed by atoms with Crippen LogP contribution in [0.3, 0.4) is 0 Å².